The van der Waals surface area contributed by atoms with Gasteiger partial charge in [0, 0.05) is 0 Å². The van der Waals surface area contributed by atoms with Crippen LogP contribution in [-0.2, 0) is 0 Å². The van der Waals surface area contributed by atoms with E-state index >= 15 is 0 Å². The van der Waals surface area contributed by atoms with E-state index in [0.717, 1.165) is 15.7 Å². The monoisotopic (exact) mass is 235 g/mol. The van der Waals surface area contributed by atoms with Gasteiger partial charge in [-0.05, 0) is 31.5 Å². The first-order valence-electron chi connectivity index (χ1n) is 5.01. The Hall–Kier alpha value is -1.62. The summed E-state index contributed by atoms with van der Waals surface area (Å²) in [6.45, 7) is 3.94. The minimum atomic E-state index is 0.0967. The van der Waals surface area contributed by atoms with Crippen molar-refractivity contribution in [1.29, 1.82) is 0 Å². The summed E-state index contributed by atoms with van der Waals surface area (Å²) >= 11 is 1.52. The Labute approximate surface area is 98.0 Å². The highest BCUT2D eigenvalue weighted by Crippen LogP contribution is 2.23. The minimum Gasteiger partial charge on any atom is -0.508 e. The highest BCUT2D eigenvalue weighted by atomic mass is 32.1. The second kappa shape index (κ2) is 4.49. The molecule has 16 heavy (non-hydrogen) atoms. The Morgan fingerprint density at radius 2 is 2.19 bits per heavy atom. The van der Waals surface area contributed by atoms with Gasteiger partial charge in [-0.15, -0.1) is 10.2 Å². The van der Waals surface area contributed by atoms with E-state index in [9.17, 15) is 5.11 Å². The van der Waals surface area contributed by atoms with E-state index in [1.54, 1.807) is 12.1 Å². The van der Waals surface area contributed by atoms with Crippen LogP contribution in [0.2, 0.25) is 0 Å². The largest absolute Gasteiger partial charge is 0.508 e. The Kier molecular flexibility index (Phi) is 3.05. The van der Waals surface area contributed by atoms with Crippen molar-refractivity contribution >= 4 is 16.5 Å². The molecule has 1 unspecified atom stereocenters. The van der Waals surface area contributed by atoms with Crippen LogP contribution in [0.3, 0.4) is 0 Å². The number of anilines is 1. The molecule has 0 bridgehead atoms. The number of aryl methyl sites for hydroxylation is 1. The molecule has 0 amide bonds. The number of benzene rings is 1. The van der Waals surface area contributed by atoms with Crippen molar-refractivity contribution in [3.63, 3.8) is 0 Å². The van der Waals surface area contributed by atoms with Gasteiger partial charge in [-0.25, -0.2) is 0 Å². The lowest BCUT2D eigenvalue weighted by Gasteiger charge is -2.12. The SMILES string of the molecule is Cc1nnc(NC(C)c2cccc(O)c2)s1. The zero-order valence-corrected chi connectivity index (χ0v) is 9.95. The Morgan fingerprint density at radius 1 is 1.38 bits per heavy atom. The average Bonchev–Trinajstić information content (AvgIpc) is 2.64. The molecule has 0 aliphatic rings. The lowest BCUT2D eigenvalue weighted by atomic mass is 10.1. The molecule has 4 nitrogen and oxygen atoms in total. The van der Waals surface area contributed by atoms with E-state index in [4.69, 9.17) is 0 Å². The molecule has 0 aliphatic carbocycles. The highest BCUT2D eigenvalue weighted by molar-refractivity contribution is 7.15. The minimum absolute atomic E-state index is 0.0967. The first-order valence-corrected chi connectivity index (χ1v) is 5.82. The molecule has 1 aromatic carbocycles. The number of nitrogens with zero attached hydrogens (tertiary/aromatic N) is 2. The molecule has 0 aliphatic heterocycles. The van der Waals surface area contributed by atoms with Gasteiger partial charge in [0.2, 0.25) is 5.13 Å². The van der Waals surface area contributed by atoms with Gasteiger partial charge >= 0.3 is 0 Å². The van der Waals surface area contributed by atoms with Crippen LogP contribution in [0.15, 0.2) is 24.3 Å². The van der Waals surface area contributed by atoms with Gasteiger partial charge in [0.05, 0.1) is 6.04 Å². The van der Waals surface area contributed by atoms with Crippen molar-refractivity contribution in [1.82, 2.24) is 10.2 Å². The molecule has 2 N–H and O–H groups in total. The number of phenols is 1. The summed E-state index contributed by atoms with van der Waals surface area (Å²) in [6.07, 6.45) is 0. The second-order valence-corrected chi connectivity index (χ2v) is 4.77. The number of aromatic hydroxyl groups is 1. The lowest BCUT2D eigenvalue weighted by Crippen LogP contribution is -2.05. The summed E-state index contributed by atoms with van der Waals surface area (Å²) in [6, 6.07) is 7.29. The summed E-state index contributed by atoms with van der Waals surface area (Å²) in [7, 11) is 0. The quantitative estimate of drug-likeness (QED) is 0.858. The predicted octanol–water partition coefficient (Wildman–Crippen LogP) is 2.73. The summed E-state index contributed by atoms with van der Waals surface area (Å²) in [5, 5.41) is 22.3. The van der Waals surface area contributed by atoms with Gasteiger partial charge in [-0.3, -0.25) is 0 Å². The molecule has 2 aromatic rings. The van der Waals surface area contributed by atoms with E-state index < -0.39 is 0 Å². The number of nitrogens with one attached hydrogen (secondary N) is 1. The summed E-state index contributed by atoms with van der Waals surface area (Å²) < 4.78 is 0. The number of hydrogen-bond acceptors (Lipinski definition) is 5. The fraction of sp³-hybridized carbons (Fsp3) is 0.273. The zero-order chi connectivity index (χ0) is 11.5. The van der Waals surface area contributed by atoms with Crippen molar-refractivity contribution in [3.05, 3.63) is 34.8 Å². The van der Waals surface area contributed by atoms with Gasteiger partial charge < -0.3 is 10.4 Å². The van der Waals surface area contributed by atoms with Gasteiger partial charge in [0.15, 0.2) is 0 Å². The van der Waals surface area contributed by atoms with E-state index in [2.05, 4.69) is 15.5 Å². The highest BCUT2D eigenvalue weighted by Gasteiger charge is 2.08. The third kappa shape index (κ3) is 2.49. The van der Waals surface area contributed by atoms with Gasteiger partial charge in [-0.2, -0.15) is 0 Å². The Bertz CT molecular complexity index is 484. The lowest BCUT2D eigenvalue weighted by molar-refractivity contribution is 0.474. The van der Waals surface area contributed by atoms with E-state index in [1.807, 2.05) is 26.0 Å². The molecular weight excluding hydrogens is 222 g/mol. The first kappa shape index (κ1) is 10.9. The molecule has 0 radical (unpaired) electrons. The molecule has 0 saturated carbocycles. The summed E-state index contributed by atoms with van der Waals surface area (Å²) in [5.74, 6) is 0.277. The van der Waals surface area contributed by atoms with Crippen LogP contribution >= 0.6 is 11.3 Å². The third-order valence-electron chi connectivity index (χ3n) is 2.24. The molecule has 1 atom stereocenters. The van der Waals surface area contributed by atoms with Crippen molar-refractivity contribution in [2.45, 2.75) is 19.9 Å². The smallest absolute Gasteiger partial charge is 0.206 e. The van der Waals surface area contributed by atoms with E-state index in [-0.39, 0.29) is 11.8 Å². The third-order valence-corrected chi connectivity index (χ3v) is 3.01. The van der Waals surface area contributed by atoms with E-state index in [0.29, 0.717) is 0 Å². The first-order chi connectivity index (χ1) is 7.65. The fourth-order valence-corrected chi connectivity index (χ4v) is 2.10. The normalized spacial score (nSPS) is 12.4. The van der Waals surface area contributed by atoms with Gasteiger partial charge in [0.25, 0.3) is 0 Å². The van der Waals surface area contributed by atoms with Crippen LogP contribution in [0.4, 0.5) is 5.13 Å². The molecule has 84 valence electrons. The summed E-state index contributed by atoms with van der Waals surface area (Å²) in [5.41, 5.74) is 1.02. The van der Waals surface area contributed by atoms with Gasteiger partial charge in [0.1, 0.15) is 10.8 Å². The number of hydrogen-bond donors (Lipinski definition) is 2. The maximum Gasteiger partial charge on any atom is 0.206 e. The Morgan fingerprint density at radius 3 is 2.81 bits per heavy atom. The van der Waals surface area contributed by atoms with Crippen molar-refractivity contribution in [2.24, 2.45) is 0 Å². The van der Waals surface area contributed by atoms with Crippen molar-refractivity contribution in [3.8, 4) is 5.75 Å². The predicted molar refractivity (Wildman–Crippen MR) is 64.8 cm³/mol. The second-order valence-electron chi connectivity index (χ2n) is 3.59. The van der Waals surface area contributed by atoms with Crippen LogP contribution in [0.5, 0.6) is 5.75 Å². The summed E-state index contributed by atoms with van der Waals surface area (Å²) in [4.78, 5) is 0. The van der Waals surface area contributed by atoms with Crippen LogP contribution in [0.1, 0.15) is 23.5 Å². The molecule has 1 aromatic heterocycles. The van der Waals surface area contributed by atoms with Crippen LogP contribution in [0, 0.1) is 6.92 Å². The number of phenolic OH excluding ortho intramolecular Hbond substituents is 1. The zero-order valence-electron chi connectivity index (χ0n) is 9.14. The topological polar surface area (TPSA) is 58.0 Å². The van der Waals surface area contributed by atoms with Crippen molar-refractivity contribution in [2.75, 3.05) is 5.32 Å². The van der Waals surface area contributed by atoms with Crippen molar-refractivity contribution < 1.29 is 5.11 Å². The van der Waals surface area contributed by atoms with Gasteiger partial charge in [-0.1, -0.05) is 23.5 Å². The molecule has 0 saturated heterocycles. The molecular formula is C11H13N3OS. The maximum atomic E-state index is 9.38. The van der Waals surface area contributed by atoms with Crippen LogP contribution in [-0.4, -0.2) is 15.3 Å². The molecule has 0 spiro atoms. The Balaban J connectivity index is 2.11. The fourth-order valence-electron chi connectivity index (χ4n) is 1.42. The molecule has 2 rings (SSSR count). The molecule has 1 heterocycles. The standard InChI is InChI=1S/C11H13N3OS/c1-7(9-4-3-5-10(15)6-9)12-11-14-13-8(2)16-11/h3-7,15H,1-2H3,(H,12,14). The average molecular weight is 235 g/mol. The number of rotatable bonds is 3. The van der Waals surface area contributed by atoms with Crippen LogP contribution < -0.4 is 5.32 Å². The van der Waals surface area contributed by atoms with Crippen LogP contribution in [0.25, 0.3) is 0 Å². The van der Waals surface area contributed by atoms with E-state index in [1.165, 1.54) is 11.3 Å². The molecule has 5 heteroatoms. The number of aromatic nitrogens is 2. The maximum absolute atomic E-state index is 9.38. The molecule has 0 fully saturated rings.